The summed E-state index contributed by atoms with van der Waals surface area (Å²) < 4.78 is 28.2. The van der Waals surface area contributed by atoms with E-state index in [1.54, 1.807) is 18.2 Å². The highest BCUT2D eigenvalue weighted by molar-refractivity contribution is 5.91. The molecule has 0 radical (unpaired) electrons. The zero-order valence-electron chi connectivity index (χ0n) is 14.8. The lowest BCUT2D eigenvalue weighted by Gasteiger charge is -2.30. The normalized spacial score (nSPS) is 14.3. The summed E-state index contributed by atoms with van der Waals surface area (Å²) in [7, 11) is 0. The van der Waals surface area contributed by atoms with Crippen LogP contribution in [0.1, 0.15) is 47.2 Å². The number of carboxylic acid groups (broad SMARTS) is 1. The van der Waals surface area contributed by atoms with Crippen molar-refractivity contribution in [2.24, 2.45) is 0 Å². The quantitative estimate of drug-likeness (QED) is 0.827. The van der Waals surface area contributed by atoms with Crippen molar-refractivity contribution in [3.63, 3.8) is 0 Å². The molecule has 1 aliphatic carbocycles. The van der Waals surface area contributed by atoms with Crippen LogP contribution >= 0.6 is 0 Å². The summed E-state index contributed by atoms with van der Waals surface area (Å²) in [6.07, 6.45) is 3.36. The molecule has 0 saturated heterocycles. The number of aromatic carboxylic acids is 1. The Labute approximate surface area is 156 Å². The molecule has 0 aliphatic heterocycles. The predicted molar refractivity (Wildman–Crippen MR) is 96.3 cm³/mol. The van der Waals surface area contributed by atoms with Crippen molar-refractivity contribution in [2.75, 3.05) is 0 Å². The first-order chi connectivity index (χ1) is 13.0. The maximum absolute atomic E-state index is 14.1. The van der Waals surface area contributed by atoms with E-state index >= 15 is 0 Å². The molecule has 3 rings (SSSR count). The highest BCUT2D eigenvalue weighted by atomic mass is 19.1. The molecule has 0 unspecified atom stereocenters. The summed E-state index contributed by atoms with van der Waals surface area (Å²) in [6, 6.07) is 9.86. The Kier molecular flexibility index (Phi) is 5.84. The number of halogens is 2. The molecule has 4 nitrogen and oxygen atoms in total. The zero-order valence-corrected chi connectivity index (χ0v) is 14.8. The Hall–Kier alpha value is -2.76. The van der Waals surface area contributed by atoms with Gasteiger partial charge in [0.05, 0.1) is 18.5 Å². The molecule has 142 valence electrons. The van der Waals surface area contributed by atoms with Gasteiger partial charge in [0.25, 0.3) is 0 Å². The second-order valence-corrected chi connectivity index (χ2v) is 6.80. The van der Waals surface area contributed by atoms with Crippen LogP contribution in [0.2, 0.25) is 0 Å². The molecule has 6 heteroatoms. The standard InChI is InChI=1S/C21H21F2NO3/c22-18-10-5-11-19(23)17(18)13-24(15-7-2-3-8-15)20(25)12-14-6-1-4-9-16(14)21(26)27/h1,4-6,9-11,15H,2-3,7-8,12-13H2,(H,26,27). The van der Waals surface area contributed by atoms with Crippen LogP contribution in [-0.4, -0.2) is 27.9 Å². The smallest absolute Gasteiger partial charge is 0.335 e. The minimum atomic E-state index is -1.11. The molecule has 2 aromatic rings. The zero-order chi connectivity index (χ0) is 19.4. The van der Waals surface area contributed by atoms with Crippen molar-refractivity contribution in [1.29, 1.82) is 0 Å². The average molecular weight is 373 g/mol. The van der Waals surface area contributed by atoms with Gasteiger partial charge in [0.15, 0.2) is 0 Å². The van der Waals surface area contributed by atoms with Crippen LogP contribution in [0.5, 0.6) is 0 Å². The van der Waals surface area contributed by atoms with Crippen molar-refractivity contribution >= 4 is 11.9 Å². The van der Waals surface area contributed by atoms with Crippen molar-refractivity contribution < 1.29 is 23.5 Å². The second kappa shape index (κ2) is 8.29. The van der Waals surface area contributed by atoms with Crippen molar-refractivity contribution in [2.45, 2.75) is 44.7 Å². The van der Waals surface area contributed by atoms with Gasteiger partial charge in [-0.25, -0.2) is 13.6 Å². The van der Waals surface area contributed by atoms with Crippen LogP contribution in [0.25, 0.3) is 0 Å². The molecule has 1 amide bonds. The SMILES string of the molecule is O=C(O)c1ccccc1CC(=O)N(Cc1c(F)cccc1F)C1CCCC1. The molecule has 1 aliphatic rings. The molecular formula is C21H21F2NO3. The van der Waals surface area contributed by atoms with Gasteiger partial charge in [-0.15, -0.1) is 0 Å². The van der Waals surface area contributed by atoms with E-state index in [-0.39, 0.29) is 36.0 Å². The number of benzene rings is 2. The van der Waals surface area contributed by atoms with E-state index in [4.69, 9.17) is 0 Å². The van der Waals surface area contributed by atoms with E-state index in [0.29, 0.717) is 5.56 Å². The van der Waals surface area contributed by atoms with Crippen molar-refractivity contribution in [3.05, 3.63) is 70.8 Å². The van der Waals surface area contributed by atoms with Crippen LogP contribution in [0, 0.1) is 11.6 Å². The summed E-state index contributed by atoms with van der Waals surface area (Å²) in [5.74, 6) is -2.79. The van der Waals surface area contributed by atoms with Gasteiger partial charge in [0, 0.05) is 11.6 Å². The topological polar surface area (TPSA) is 57.6 Å². The minimum Gasteiger partial charge on any atom is -0.478 e. The number of carbonyl (C=O) groups is 2. The van der Waals surface area contributed by atoms with Crippen LogP contribution in [-0.2, 0) is 17.8 Å². The lowest BCUT2D eigenvalue weighted by atomic mass is 10.0. The molecule has 0 aromatic heterocycles. The number of rotatable bonds is 6. The van der Waals surface area contributed by atoms with Gasteiger partial charge in [-0.2, -0.15) is 0 Å². The molecule has 1 saturated carbocycles. The van der Waals surface area contributed by atoms with Crippen LogP contribution in [0.3, 0.4) is 0 Å². The Morgan fingerprint density at radius 2 is 1.63 bits per heavy atom. The molecule has 1 N–H and O–H groups in total. The van der Waals surface area contributed by atoms with E-state index in [2.05, 4.69) is 0 Å². The Morgan fingerprint density at radius 1 is 1.00 bits per heavy atom. The number of amides is 1. The van der Waals surface area contributed by atoms with Gasteiger partial charge in [-0.1, -0.05) is 37.1 Å². The predicted octanol–water partition coefficient (Wildman–Crippen LogP) is 4.18. The van der Waals surface area contributed by atoms with Gasteiger partial charge in [0.1, 0.15) is 11.6 Å². The van der Waals surface area contributed by atoms with E-state index in [9.17, 15) is 23.5 Å². The lowest BCUT2D eigenvalue weighted by Crippen LogP contribution is -2.40. The number of nitrogens with zero attached hydrogens (tertiary/aromatic N) is 1. The minimum absolute atomic E-state index is 0.0642. The third-order valence-corrected chi connectivity index (χ3v) is 5.07. The largest absolute Gasteiger partial charge is 0.478 e. The first-order valence-corrected chi connectivity index (χ1v) is 9.01. The number of carbonyl (C=O) groups excluding carboxylic acids is 1. The summed E-state index contributed by atoms with van der Waals surface area (Å²) in [6.45, 7) is -0.156. The average Bonchev–Trinajstić information content (AvgIpc) is 3.16. The molecule has 2 aromatic carbocycles. The van der Waals surface area contributed by atoms with Crippen LogP contribution in [0.4, 0.5) is 8.78 Å². The van der Waals surface area contributed by atoms with E-state index < -0.39 is 17.6 Å². The van der Waals surface area contributed by atoms with E-state index in [1.165, 1.54) is 29.2 Å². The van der Waals surface area contributed by atoms with Crippen molar-refractivity contribution in [3.8, 4) is 0 Å². The number of carboxylic acids is 1. The fourth-order valence-corrected chi connectivity index (χ4v) is 3.64. The van der Waals surface area contributed by atoms with Gasteiger partial charge in [-0.05, 0) is 36.6 Å². The number of hydrogen-bond donors (Lipinski definition) is 1. The summed E-state index contributed by atoms with van der Waals surface area (Å²) >= 11 is 0. The molecule has 27 heavy (non-hydrogen) atoms. The summed E-state index contributed by atoms with van der Waals surface area (Å²) in [5.41, 5.74) is 0.325. The lowest BCUT2D eigenvalue weighted by molar-refractivity contribution is -0.133. The Balaban J connectivity index is 1.87. The van der Waals surface area contributed by atoms with Gasteiger partial charge in [-0.3, -0.25) is 4.79 Å². The van der Waals surface area contributed by atoms with Gasteiger partial charge < -0.3 is 10.0 Å². The summed E-state index contributed by atoms with van der Waals surface area (Å²) in [4.78, 5) is 25.9. The fourth-order valence-electron chi connectivity index (χ4n) is 3.64. The Morgan fingerprint density at radius 3 is 2.26 bits per heavy atom. The monoisotopic (exact) mass is 373 g/mol. The highest BCUT2D eigenvalue weighted by Crippen LogP contribution is 2.27. The van der Waals surface area contributed by atoms with Gasteiger partial charge in [0.2, 0.25) is 5.91 Å². The van der Waals surface area contributed by atoms with E-state index in [1.807, 2.05) is 0 Å². The van der Waals surface area contributed by atoms with E-state index in [0.717, 1.165) is 25.7 Å². The fraction of sp³-hybridized carbons (Fsp3) is 0.333. The first kappa shape index (κ1) is 19.0. The molecule has 1 fully saturated rings. The molecule has 0 heterocycles. The molecule has 0 atom stereocenters. The van der Waals surface area contributed by atoms with Crippen molar-refractivity contribution in [1.82, 2.24) is 4.90 Å². The third-order valence-electron chi connectivity index (χ3n) is 5.07. The maximum Gasteiger partial charge on any atom is 0.335 e. The second-order valence-electron chi connectivity index (χ2n) is 6.80. The first-order valence-electron chi connectivity index (χ1n) is 9.01. The molecule has 0 bridgehead atoms. The van der Waals surface area contributed by atoms with Crippen LogP contribution < -0.4 is 0 Å². The van der Waals surface area contributed by atoms with Gasteiger partial charge >= 0.3 is 5.97 Å². The van der Waals surface area contributed by atoms with Crippen LogP contribution in [0.15, 0.2) is 42.5 Å². The third kappa shape index (κ3) is 4.32. The highest BCUT2D eigenvalue weighted by Gasteiger charge is 2.29. The molecule has 0 spiro atoms. The summed E-state index contributed by atoms with van der Waals surface area (Å²) in [5, 5.41) is 9.31. The number of hydrogen-bond acceptors (Lipinski definition) is 2. The molecular weight excluding hydrogens is 352 g/mol. The Bertz CT molecular complexity index is 827. The maximum atomic E-state index is 14.1.